The van der Waals surface area contributed by atoms with Gasteiger partial charge in [-0.1, -0.05) is 110 Å². The molecule has 0 saturated carbocycles. The van der Waals surface area contributed by atoms with Gasteiger partial charge in [0, 0.05) is 6.42 Å². The second-order valence-corrected chi connectivity index (χ2v) is 9.56. The zero-order chi connectivity index (χ0) is 20.2. The van der Waals surface area contributed by atoms with Gasteiger partial charge in [-0.3, -0.25) is 8.98 Å². The molecule has 0 aromatic rings. The first kappa shape index (κ1) is 26.6. The van der Waals surface area contributed by atoms with Crippen LogP contribution in [0.2, 0.25) is 0 Å². The number of Topliss-reactive ketones (excluding diaryl/α,β-unsaturated/α-hetero) is 1. The number of rotatable bonds is 21. The van der Waals surface area contributed by atoms with Crippen LogP contribution >= 0.6 is 0 Å². The second-order valence-electron chi connectivity index (χ2n) is 7.91. The van der Waals surface area contributed by atoms with Gasteiger partial charge in [-0.2, -0.15) is 8.42 Å². The van der Waals surface area contributed by atoms with Crippen molar-refractivity contribution in [1.29, 1.82) is 0 Å². The molecule has 0 radical (unpaired) electrons. The molecule has 0 aliphatic carbocycles. The fourth-order valence-corrected chi connectivity index (χ4v) is 3.64. The lowest BCUT2D eigenvalue weighted by atomic mass is 10.0. The molecule has 0 aromatic heterocycles. The zero-order valence-electron chi connectivity index (χ0n) is 18.0. The van der Waals surface area contributed by atoms with Crippen molar-refractivity contribution >= 4 is 15.9 Å². The summed E-state index contributed by atoms with van der Waals surface area (Å²) in [5, 5.41) is 0. The van der Waals surface area contributed by atoms with E-state index >= 15 is 0 Å². The van der Waals surface area contributed by atoms with Crippen LogP contribution < -0.4 is 0 Å². The van der Waals surface area contributed by atoms with Crippen molar-refractivity contribution in [3.63, 3.8) is 0 Å². The summed E-state index contributed by atoms with van der Waals surface area (Å²) in [5.74, 6) is -0.124. The van der Waals surface area contributed by atoms with Crippen molar-refractivity contribution in [2.24, 2.45) is 0 Å². The number of hydrogen-bond donors (Lipinski definition) is 0. The largest absolute Gasteiger partial charge is 0.297 e. The molecule has 0 fully saturated rings. The van der Waals surface area contributed by atoms with Crippen LogP contribution in [0.15, 0.2) is 0 Å². The fraction of sp³-hybridized carbons (Fsp3) is 0.955. The van der Waals surface area contributed by atoms with E-state index in [-0.39, 0.29) is 12.4 Å². The molecular formula is C22H44O4S. The van der Waals surface area contributed by atoms with Crippen LogP contribution in [-0.4, -0.2) is 27.1 Å². The molecule has 0 N–H and O–H groups in total. The number of unbranched alkanes of at least 4 members (excludes halogenated alkanes) is 16. The summed E-state index contributed by atoms with van der Waals surface area (Å²) in [6.07, 6.45) is 23.7. The van der Waals surface area contributed by atoms with Crippen molar-refractivity contribution in [2.75, 3.05) is 12.9 Å². The highest BCUT2D eigenvalue weighted by Gasteiger charge is 2.07. The van der Waals surface area contributed by atoms with Crippen molar-refractivity contribution in [3.05, 3.63) is 0 Å². The Labute approximate surface area is 169 Å². The van der Waals surface area contributed by atoms with Crippen LogP contribution in [0.25, 0.3) is 0 Å². The van der Waals surface area contributed by atoms with Crippen molar-refractivity contribution < 1.29 is 17.4 Å². The maximum atomic E-state index is 11.5. The van der Waals surface area contributed by atoms with Gasteiger partial charge in [0.25, 0.3) is 10.1 Å². The average molecular weight is 405 g/mol. The predicted molar refractivity (Wildman–Crippen MR) is 115 cm³/mol. The van der Waals surface area contributed by atoms with E-state index in [0.29, 0.717) is 6.42 Å². The molecule has 0 aromatic carbocycles. The standard InChI is InChI=1S/C22H44O4S/c1-3-4-5-6-7-8-9-10-11-12-13-14-15-16-17-18-19-20-22(23)21-26-27(2,24)25/h3-21H2,1-2H3. The monoisotopic (exact) mass is 404 g/mol. The summed E-state index contributed by atoms with van der Waals surface area (Å²) >= 11 is 0. The molecule has 162 valence electrons. The van der Waals surface area contributed by atoms with E-state index < -0.39 is 10.1 Å². The molecule has 0 rings (SSSR count). The summed E-state index contributed by atoms with van der Waals surface area (Å²) in [7, 11) is -3.50. The van der Waals surface area contributed by atoms with Crippen LogP contribution in [0.5, 0.6) is 0 Å². The van der Waals surface area contributed by atoms with E-state index in [1.54, 1.807) is 0 Å². The molecule has 0 atom stereocenters. The number of ketones is 1. The molecule has 0 aliphatic heterocycles. The highest BCUT2D eigenvalue weighted by atomic mass is 32.2. The second kappa shape index (κ2) is 18.9. The Hall–Kier alpha value is -0.420. The lowest BCUT2D eigenvalue weighted by Crippen LogP contribution is -2.12. The van der Waals surface area contributed by atoms with E-state index in [0.717, 1.165) is 25.5 Å². The molecular weight excluding hydrogens is 360 g/mol. The number of hydrogen-bond acceptors (Lipinski definition) is 4. The van der Waals surface area contributed by atoms with Crippen LogP contribution in [-0.2, 0) is 19.1 Å². The maximum absolute atomic E-state index is 11.5. The highest BCUT2D eigenvalue weighted by Crippen LogP contribution is 2.14. The lowest BCUT2D eigenvalue weighted by molar-refractivity contribution is -0.121. The van der Waals surface area contributed by atoms with Crippen LogP contribution in [0.4, 0.5) is 0 Å². The van der Waals surface area contributed by atoms with Gasteiger partial charge in [0.05, 0.1) is 6.26 Å². The third-order valence-electron chi connectivity index (χ3n) is 4.99. The molecule has 0 aliphatic rings. The molecule has 0 amide bonds. The van der Waals surface area contributed by atoms with Crippen molar-refractivity contribution in [2.45, 2.75) is 122 Å². The maximum Gasteiger partial charge on any atom is 0.264 e. The highest BCUT2D eigenvalue weighted by molar-refractivity contribution is 7.86. The lowest BCUT2D eigenvalue weighted by Gasteiger charge is -2.04. The van der Waals surface area contributed by atoms with Crippen LogP contribution in [0.3, 0.4) is 0 Å². The van der Waals surface area contributed by atoms with Gasteiger partial charge < -0.3 is 0 Å². The Kier molecular flexibility index (Phi) is 18.6. The Morgan fingerprint density at radius 1 is 0.630 bits per heavy atom. The van der Waals surface area contributed by atoms with E-state index in [1.807, 2.05) is 0 Å². The van der Waals surface area contributed by atoms with Gasteiger partial charge in [-0.15, -0.1) is 0 Å². The molecule has 0 unspecified atom stereocenters. The topological polar surface area (TPSA) is 60.4 Å². The van der Waals surface area contributed by atoms with Gasteiger partial charge in [0.2, 0.25) is 0 Å². The Morgan fingerprint density at radius 2 is 0.963 bits per heavy atom. The first-order chi connectivity index (χ1) is 13.0. The minimum Gasteiger partial charge on any atom is -0.297 e. The molecule has 0 spiro atoms. The fourth-order valence-electron chi connectivity index (χ4n) is 3.29. The predicted octanol–water partition coefficient (Wildman–Crippen LogP) is 6.57. The van der Waals surface area contributed by atoms with E-state index in [1.165, 1.54) is 89.9 Å². The SMILES string of the molecule is CCCCCCCCCCCCCCCCCCCC(=O)COS(C)(=O)=O. The van der Waals surface area contributed by atoms with E-state index in [2.05, 4.69) is 11.1 Å². The van der Waals surface area contributed by atoms with Gasteiger partial charge >= 0.3 is 0 Å². The Bertz CT molecular complexity index is 432. The van der Waals surface area contributed by atoms with Gasteiger partial charge in [-0.25, -0.2) is 0 Å². The number of carbonyl (C=O) groups excluding carboxylic acids is 1. The van der Waals surface area contributed by atoms with Crippen molar-refractivity contribution in [1.82, 2.24) is 0 Å². The molecule has 0 bridgehead atoms. The first-order valence-corrected chi connectivity index (χ1v) is 13.1. The van der Waals surface area contributed by atoms with Gasteiger partial charge in [0.1, 0.15) is 6.61 Å². The zero-order valence-corrected chi connectivity index (χ0v) is 18.8. The summed E-state index contributed by atoms with van der Waals surface area (Å²) < 4.78 is 26.1. The number of carbonyl (C=O) groups is 1. The van der Waals surface area contributed by atoms with E-state index in [9.17, 15) is 13.2 Å². The molecule has 0 heterocycles. The summed E-state index contributed by atoms with van der Waals surface area (Å²) in [5.41, 5.74) is 0. The Morgan fingerprint density at radius 3 is 1.30 bits per heavy atom. The van der Waals surface area contributed by atoms with Gasteiger partial charge in [-0.05, 0) is 6.42 Å². The smallest absolute Gasteiger partial charge is 0.264 e. The molecule has 27 heavy (non-hydrogen) atoms. The molecule has 0 saturated heterocycles. The average Bonchev–Trinajstić information content (AvgIpc) is 2.62. The summed E-state index contributed by atoms with van der Waals surface area (Å²) in [6, 6.07) is 0. The summed E-state index contributed by atoms with van der Waals surface area (Å²) in [4.78, 5) is 11.5. The first-order valence-electron chi connectivity index (χ1n) is 11.3. The van der Waals surface area contributed by atoms with E-state index in [4.69, 9.17) is 0 Å². The van der Waals surface area contributed by atoms with Crippen LogP contribution in [0, 0.1) is 0 Å². The normalized spacial score (nSPS) is 11.8. The summed E-state index contributed by atoms with van der Waals surface area (Å²) in [6.45, 7) is 1.96. The third kappa shape index (κ3) is 23.5. The van der Waals surface area contributed by atoms with Gasteiger partial charge in [0.15, 0.2) is 5.78 Å². The molecule has 4 nitrogen and oxygen atoms in total. The minimum absolute atomic E-state index is 0.124. The quantitative estimate of drug-likeness (QED) is 0.160. The minimum atomic E-state index is -3.50. The van der Waals surface area contributed by atoms with Crippen LogP contribution in [0.1, 0.15) is 122 Å². The molecule has 5 heteroatoms. The third-order valence-corrected chi connectivity index (χ3v) is 5.54. The Balaban J connectivity index is 3.16. The van der Waals surface area contributed by atoms with Crippen molar-refractivity contribution in [3.8, 4) is 0 Å².